The minimum atomic E-state index is -0.369. The van der Waals surface area contributed by atoms with Crippen LogP contribution in [0.3, 0.4) is 0 Å². The number of thioether (sulfide) groups is 1. The Labute approximate surface area is 213 Å². The molecule has 0 unspecified atom stereocenters. The van der Waals surface area contributed by atoms with E-state index in [2.05, 4.69) is 10.6 Å². The van der Waals surface area contributed by atoms with Crippen molar-refractivity contribution in [2.75, 3.05) is 23.0 Å². The average Bonchev–Trinajstić information content (AvgIpc) is 3.21. The van der Waals surface area contributed by atoms with Gasteiger partial charge in [0.25, 0.3) is 5.91 Å². The topological polar surface area (TPSA) is 84.5 Å². The van der Waals surface area contributed by atoms with Crippen molar-refractivity contribution in [2.24, 2.45) is 0 Å². The largest absolute Gasteiger partial charge is 0.462 e. The first-order chi connectivity index (χ1) is 17.0. The first-order valence-electron chi connectivity index (χ1n) is 11.7. The van der Waals surface area contributed by atoms with Gasteiger partial charge in [-0.05, 0) is 74.9 Å². The molecule has 35 heavy (non-hydrogen) atoms. The molecule has 2 amide bonds. The summed E-state index contributed by atoms with van der Waals surface area (Å²) in [6.45, 7) is 3.98. The number of esters is 1. The number of hydrogen-bond donors (Lipinski definition) is 2. The van der Waals surface area contributed by atoms with Crippen molar-refractivity contribution in [3.63, 3.8) is 0 Å². The number of nitrogens with one attached hydrogen (secondary N) is 2. The average molecular weight is 509 g/mol. The molecule has 2 N–H and O–H groups in total. The molecule has 0 saturated carbocycles. The van der Waals surface area contributed by atoms with E-state index >= 15 is 0 Å². The number of anilines is 2. The summed E-state index contributed by atoms with van der Waals surface area (Å²) in [4.78, 5) is 40.0. The highest BCUT2D eigenvalue weighted by Gasteiger charge is 2.27. The SMILES string of the molecule is CCOC(=O)c1c(NC(=O)CSc2cccc(NC(=O)c3ccccc3C)c2)sc2c1CCCC2. The molecule has 0 aliphatic heterocycles. The van der Waals surface area contributed by atoms with Crippen LogP contribution in [0.4, 0.5) is 10.7 Å². The Hall–Kier alpha value is -3.10. The van der Waals surface area contributed by atoms with Gasteiger partial charge in [0, 0.05) is 21.0 Å². The number of benzene rings is 2. The van der Waals surface area contributed by atoms with E-state index in [1.54, 1.807) is 13.0 Å². The monoisotopic (exact) mass is 508 g/mol. The highest BCUT2D eigenvalue weighted by atomic mass is 32.2. The Balaban J connectivity index is 1.40. The molecule has 2 aromatic carbocycles. The Morgan fingerprint density at radius 3 is 2.63 bits per heavy atom. The van der Waals surface area contributed by atoms with Gasteiger partial charge in [0.2, 0.25) is 5.91 Å². The number of aryl methyl sites for hydroxylation is 2. The number of amides is 2. The fourth-order valence-electron chi connectivity index (χ4n) is 4.07. The van der Waals surface area contributed by atoms with Crippen molar-refractivity contribution in [1.29, 1.82) is 0 Å². The van der Waals surface area contributed by atoms with E-state index in [4.69, 9.17) is 4.74 Å². The number of fused-ring (bicyclic) bond motifs is 1. The number of thiophene rings is 1. The van der Waals surface area contributed by atoms with Crippen LogP contribution in [0.1, 0.15) is 56.5 Å². The standard InChI is InChI=1S/C27H28N2O4S2/c1-3-33-27(32)24-21-13-6-7-14-22(21)35-26(24)29-23(30)16-34-19-11-8-10-18(15-19)28-25(31)20-12-5-4-9-17(20)2/h4-5,8-12,15H,3,6-7,13-14,16H2,1-2H3,(H,28,31)(H,29,30). The van der Waals surface area contributed by atoms with E-state index in [1.165, 1.54) is 28.0 Å². The lowest BCUT2D eigenvalue weighted by Crippen LogP contribution is -2.17. The van der Waals surface area contributed by atoms with E-state index < -0.39 is 0 Å². The van der Waals surface area contributed by atoms with E-state index in [-0.39, 0.29) is 23.5 Å². The van der Waals surface area contributed by atoms with Gasteiger partial charge in [-0.1, -0.05) is 24.3 Å². The fraction of sp³-hybridized carbons (Fsp3) is 0.296. The maximum absolute atomic E-state index is 12.8. The van der Waals surface area contributed by atoms with Crippen LogP contribution in [-0.4, -0.2) is 30.1 Å². The van der Waals surface area contributed by atoms with Crippen LogP contribution in [0.2, 0.25) is 0 Å². The maximum Gasteiger partial charge on any atom is 0.341 e. The summed E-state index contributed by atoms with van der Waals surface area (Å²) < 4.78 is 5.26. The highest BCUT2D eigenvalue weighted by molar-refractivity contribution is 8.00. The van der Waals surface area contributed by atoms with Crippen molar-refractivity contribution < 1.29 is 19.1 Å². The van der Waals surface area contributed by atoms with Crippen LogP contribution in [0.25, 0.3) is 0 Å². The number of rotatable bonds is 8. The molecule has 0 spiro atoms. The summed E-state index contributed by atoms with van der Waals surface area (Å²) in [6, 6.07) is 14.8. The molecule has 0 radical (unpaired) electrons. The van der Waals surface area contributed by atoms with Gasteiger partial charge in [-0.25, -0.2) is 4.79 Å². The Morgan fingerprint density at radius 2 is 1.83 bits per heavy atom. The molecule has 0 atom stereocenters. The van der Waals surface area contributed by atoms with Crippen molar-refractivity contribution in [3.05, 3.63) is 75.7 Å². The first kappa shape index (κ1) is 25.0. The zero-order valence-electron chi connectivity index (χ0n) is 19.8. The summed E-state index contributed by atoms with van der Waals surface area (Å²) in [5.41, 5.74) is 3.75. The Bertz CT molecular complexity index is 1250. The fourth-order valence-corrected chi connectivity index (χ4v) is 6.12. The molecular formula is C27H28N2O4S2. The molecule has 3 aromatic rings. The lowest BCUT2D eigenvalue weighted by atomic mass is 9.95. The van der Waals surface area contributed by atoms with Gasteiger partial charge in [0.1, 0.15) is 5.00 Å². The van der Waals surface area contributed by atoms with Crippen LogP contribution in [0.15, 0.2) is 53.4 Å². The number of ether oxygens (including phenoxy) is 1. The van der Waals surface area contributed by atoms with Gasteiger partial charge in [0.15, 0.2) is 0 Å². The van der Waals surface area contributed by atoms with Gasteiger partial charge in [-0.3, -0.25) is 9.59 Å². The molecule has 4 rings (SSSR count). The van der Waals surface area contributed by atoms with Crippen LogP contribution in [0, 0.1) is 6.92 Å². The lowest BCUT2D eigenvalue weighted by molar-refractivity contribution is -0.113. The lowest BCUT2D eigenvalue weighted by Gasteiger charge is -2.12. The van der Waals surface area contributed by atoms with Crippen LogP contribution in [-0.2, 0) is 22.4 Å². The second-order valence-electron chi connectivity index (χ2n) is 8.27. The number of carbonyl (C=O) groups is 3. The minimum absolute atomic E-state index is 0.170. The van der Waals surface area contributed by atoms with E-state index in [1.807, 2.05) is 49.4 Å². The van der Waals surface area contributed by atoms with E-state index in [0.29, 0.717) is 28.4 Å². The molecule has 6 nitrogen and oxygen atoms in total. The summed E-state index contributed by atoms with van der Waals surface area (Å²) in [6.07, 6.45) is 3.90. The molecule has 182 valence electrons. The Morgan fingerprint density at radius 1 is 1.03 bits per heavy atom. The van der Waals surface area contributed by atoms with E-state index in [0.717, 1.165) is 41.7 Å². The van der Waals surface area contributed by atoms with Gasteiger partial charge in [0.05, 0.1) is 17.9 Å². The summed E-state index contributed by atoms with van der Waals surface area (Å²) in [7, 11) is 0. The molecule has 0 saturated heterocycles. The summed E-state index contributed by atoms with van der Waals surface area (Å²) in [5.74, 6) is -0.545. The second-order valence-corrected chi connectivity index (χ2v) is 10.4. The summed E-state index contributed by atoms with van der Waals surface area (Å²) in [5, 5.41) is 6.45. The molecule has 1 aliphatic carbocycles. The molecule has 1 aromatic heterocycles. The summed E-state index contributed by atoms with van der Waals surface area (Å²) >= 11 is 2.86. The molecular weight excluding hydrogens is 480 g/mol. The predicted octanol–water partition coefficient (Wildman–Crippen LogP) is 6.10. The maximum atomic E-state index is 12.8. The third-order valence-corrected chi connectivity index (χ3v) is 7.96. The van der Waals surface area contributed by atoms with Crippen LogP contribution >= 0.6 is 23.1 Å². The van der Waals surface area contributed by atoms with Crippen LogP contribution in [0.5, 0.6) is 0 Å². The zero-order chi connectivity index (χ0) is 24.8. The molecule has 1 aliphatic rings. The van der Waals surface area contributed by atoms with Gasteiger partial charge in [-0.2, -0.15) is 0 Å². The van der Waals surface area contributed by atoms with Gasteiger partial charge < -0.3 is 15.4 Å². The third-order valence-electron chi connectivity index (χ3n) is 5.76. The quantitative estimate of drug-likeness (QED) is 0.284. The normalized spacial score (nSPS) is 12.5. The highest BCUT2D eigenvalue weighted by Crippen LogP contribution is 2.38. The van der Waals surface area contributed by atoms with E-state index in [9.17, 15) is 14.4 Å². The van der Waals surface area contributed by atoms with Crippen molar-refractivity contribution >= 4 is 51.6 Å². The van der Waals surface area contributed by atoms with Gasteiger partial charge in [-0.15, -0.1) is 23.1 Å². The predicted molar refractivity (Wildman–Crippen MR) is 142 cm³/mol. The minimum Gasteiger partial charge on any atom is -0.462 e. The van der Waals surface area contributed by atoms with Gasteiger partial charge >= 0.3 is 5.97 Å². The zero-order valence-corrected chi connectivity index (χ0v) is 21.4. The van der Waals surface area contributed by atoms with Crippen molar-refractivity contribution in [3.8, 4) is 0 Å². The number of carbonyl (C=O) groups excluding carboxylic acids is 3. The van der Waals surface area contributed by atoms with Crippen molar-refractivity contribution in [2.45, 2.75) is 44.4 Å². The Kier molecular flexibility index (Phi) is 8.25. The van der Waals surface area contributed by atoms with Crippen LogP contribution < -0.4 is 10.6 Å². The number of hydrogen-bond acceptors (Lipinski definition) is 6. The molecule has 0 bridgehead atoms. The molecule has 0 fully saturated rings. The third kappa shape index (κ3) is 6.13. The van der Waals surface area contributed by atoms with Crippen molar-refractivity contribution in [1.82, 2.24) is 0 Å². The molecule has 1 heterocycles. The first-order valence-corrected chi connectivity index (χ1v) is 13.5. The smallest absolute Gasteiger partial charge is 0.341 e. The molecule has 8 heteroatoms. The second kappa shape index (κ2) is 11.6.